The van der Waals surface area contributed by atoms with E-state index in [0.717, 1.165) is 18.8 Å². The fourth-order valence-electron chi connectivity index (χ4n) is 3.35. The average Bonchev–Trinajstić information content (AvgIpc) is 2.28. The predicted octanol–water partition coefficient (Wildman–Crippen LogP) is 2.33. The summed E-state index contributed by atoms with van der Waals surface area (Å²) >= 11 is 0. The molecule has 2 heteroatoms. The van der Waals surface area contributed by atoms with Gasteiger partial charge < -0.3 is 5.11 Å². The smallest absolute Gasteiger partial charge is 0.221 e. The zero-order chi connectivity index (χ0) is 11.0. The Morgan fingerprint density at radius 1 is 1.25 bits per heavy atom. The molecule has 3 unspecified atom stereocenters. The molecule has 1 aliphatic heterocycles. The Bertz CT molecular complexity index is 364. The molecule has 2 bridgehead atoms. The van der Waals surface area contributed by atoms with Gasteiger partial charge in [-0.15, -0.1) is 0 Å². The minimum Gasteiger partial charge on any atom is -0.429 e. The summed E-state index contributed by atoms with van der Waals surface area (Å²) in [5.74, 6) is 0.762. The van der Waals surface area contributed by atoms with Gasteiger partial charge in [0.15, 0.2) is 0 Å². The molecular formula is C14H20NO+. The van der Waals surface area contributed by atoms with Gasteiger partial charge in [-0.2, -0.15) is 0 Å². The van der Waals surface area contributed by atoms with Crippen LogP contribution in [0.2, 0.25) is 0 Å². The Balaban J connectivity index is 1.83. The molecule has 2 aliphatic rings. The first-order chi connectivity index (χ1) is 7.75. The highest BCUT2D eigenvalue weighted by atomic mass is 16.3. The maximum atomic E-state index is 8.42. The minimum absolute atomic E-state index is 0.346. The van der Waals surface area contributed by atoms with Crippen molar-refractivity contribution in [2.45, 2.75) is 43.9 Å². The van der Waals surface area contributed by atoms with Crippen LogP contribution in [-0.4, -0.2) is 10.8 Å². The molecule has 3 rings (SSSR count). The molecule has 3 N–H and O–H groups in total. The van der Waals surface area contributed by atoms with Crippen molar-refractivity contribution in [2.24, 2.45) is 5.92 Å². The lowest BCUT2D eigenvalue weighted by molar-refractivity contribution is -0.0828. The van der Waals surface area contributed by atoms with Crippen molar-refractivity contribution in [1.82, 2.24) is 5.32 Å². The van der Waals surface area contributed by atoms with E-state index in [2.05, 4.69) is 35.6 Å². The number of fused-ring (bicyclic) bond motifs is 2. The number of rotatable bonds is 1. The highest BCUT2D eigenvalue weighted by Crippen LogP contribution is 2.42. The number of nitrogens with one attached hydrogen (secondary N) is 1. The van der Waals surface area contributed by atoms with Gasteiger partial charge in [0, 0.05) is 18.9 Å². The third-order valence-electron chi connectivity index (χ3n) is 4.07. The van der Waals surface area contributed by atoms with Crippen LogP contribution in [0.5, 0.6) is 0 Å². The van der Waals surface area contributed by atoms with Crippen LogP contribution in [0.4, 0.5) is 0 Å². The molecule has 1 saturated heterocycles. The zero-order valence-electron chi connectivity index (χ0n) is 9.58. The molecule has 2 fully saturated rings. The van der Waals surface area contributed by atoms with E-state index in [1.165, 1.54) is 24.8 Å². The molecule has 0 spiro atoms. The van der Waals surface area contributed by atoms with Gasteiger partial charge in [-0.3, -0.25) is 0 Å². The molecule has 1 aromatic rings. The normalized spacial score (nSPS) is 38.3. The summed E-state index contributed by atoms with van der Waals surface area (Å²) < 4.78 is 0. The van der Waals surface area contributed by atoms with E-state index >= 15 is 0 Å². The highest BCUT2D eigenvalue weighted by Gasteiger charge is 2.45. The van der Waals surface area contributed by atoms with E-state index in [-0.39, 0.29) is 5.72 Å². The third-order valence-corrected chi connectivity index (χ3v) is 4.07. The maximum Gasteiger partial charge on any atom is 0.221 e. The number of benzene rings is 1. The lowest BCUT2D eigenvalue weighted by Crippen LogP contribution is -2.54. The second-order valence-corrected chi connectivity index (χ2v) is 5.39. The first kappa shape index (κ1) is 10.3. The monoisotopic (exact) mass is 218 g/mol. The topological polar surface area (TPSA) is 34.9 Å². The molecule has 1 aliphatic carbocycles. The van der Waals surface area contributed by atoms with Crippen LogP contribution >= 0.6 is 0 Å². The Hall–Kier alpha value is -0.860. The summed E-state index contributed by atoms with van der Waals surface area (Å²) in [4.78, 5) is 0. The first-order valence-electron chi connectivity index (χ1n) is 6.33. The molecular weight excluding hydrogens is 198 g/mol. The number of hydrogen-bond acceptors (Lipinski definition) is 1. The summed E-state index contributed by atoms with van der Waals surface area (Å²) in [6.45, 7) is 0. The van der Waals surface area contributed by atoms with Gasteiger partial charge in [-0.25, -0.2) is 5.32 Å². The molecule has 16 heavy (non-hydrogen) atoms. The van der Waals surface area contributed by atoms with Crippen LogP contribution in [0.15, 0.2) is 30.3 Å². The standard InChI is InChI=1S/C14H19NO/c16-14-8-4-5-11(10-14)9-13(15-14)12-6-2-1-3-7-12/h1-3,6-7,11,13,15-16H,4-5,8-10H2/p+1. The molecule has 1 heterocycles. The Labute approximate surface area is 96.7 Å². The first-order valence-corrected chi connectivity index (χ1v) is 6.33. The quantitative estimate of drug-likeness (QED) is 0.721. The summed E-state index contributed by atoms with van der Waals surface area (Å²) in [6.07, 6.45) is 5.84. The molecule has 2 nitrogen and oxygen atoms in total. The molecule has 1 aromatic carbocycles. The van der Waals surface area contributed by atoms with E-state index in [1.807, 2.05) is 0 Å². The van der Waals surface area contributed by atoms with Crippen LogP contribution in [0.25, 0.3) is 0 Å². The van der Waals surface area contributed by atoms with Crippen LogP contribution in [0, 0.1) is 5.92 Å². The van der Waals surface area contributed by atoms with E-state index in [9.17, 15) is 0 Å². The second-order valence-electron chi connectivity index (χ2n) is 5.39. The van der Waals surface area contributed by atoms with Gasteiger partial charge in [0.2, 0.25) is 5.72 Å². The lowest BCUT2D eigenvalue weighted by Gasteiger charge is -2.43. The molecule has 3 atom stereocenters. The van der Waals surface area contributed by atoms with Crippen LogP contribution in [0.3, 0.4) is 0 Å². The minimum atomic E-state index is -0.346. The number of piperidine rings is 1. The summed E-state index contributed by atoms with van der Waals surface area (Å²) in [5, 5.41) is 12.0. The predicted molar refractivity (Wildman–Crippen MR) is 65.2 cm³/mol. The fourth-order valence-corrected chi connectivity index (χ4v) is 3.35. The third kappa shape index (κ3) is 1.87. The van der Waals surface area contributed by atoms with Crippen molar-refractivity contribution in [2.75, 3.05) is 0 Å². The van der Waals surface area contributed by atoms with Crippen molar-refractivity contribution in [3.05, 3.63) is 35.9 Å². The van der Waals surface area contributed by atoms with Crippen LogP contribution < -0.4 is 5.32 Å². The van der Waals surface area contributed by atoms with Crippen LogP contribution in [-0.2, 0) is 0 Å². The Morgan fingerprint density at radius 3 is 2.81 bits per heavy atom. The SMILES string of the molecule is [OH2+]C12CCCC(CC(c3ccccc3)N1)C2. The Kier molecular flexibility index (Phi) is 2.49. The van der Waals surface area contributed by atoms with Crippen molar-refractivity contribution >= 4 is 0 Å². The molecule has 0 amide bonds. The number of hydrogen-bond donors (Lipinski definition) is 1. The van der Waals surface area contributed by atoms with Crippen molar-refractivity contribution in [3.63, 3.8) is 0 Å². The summed E-state index contributed by atoms with van der Waals surface area (Å²) in [7, 11) is 0. The molecule has 86 valence electrons. The van der Waals surface area contributed by atoms with Gasteiger partial charge in [-0.1, -0.05) is 30.3 Å². The van der Waals surface area contributed by atoms with Gasteiger partial charge >= 0.3 is 0 Å². The van der Waals surface area contributed by atoms with E-state index in [1.54, 1.807) is 0 Å². The largest absolute Gasteiger partial charge is 0.429 e. The average molecular weight is 218 g/mol. The second kappa shape index (κ2) is 3.86. The van der Waals surface area contributed by atoms with Crippen molar-refractivity contribution in [3.8, 4) is 0 Å². The van der Waals surface area contributed by atoms with Crippen molar-refractivity contribution in [1.29, 1.82) is 0 Å². The van der Waals surface area contributed by atoms with E-state index in [4.69, 9.17) is 5.11 Å². The zero-order valence-corrected chi connectivity index (χ0v) is 9.58. The van der Waals surface area contributed by atoms with Gasteiger partial charge in [0.05, 0.1) is 0 Å². The van der Waals surface area contributed by atoms with Crippen molar-refractivity contribution < 1.29 is 5.11 Å². The summed E-state index contributed by atoms with van der Waals surface area (Å²) in [5.41, 5.74) is 1.01. The van der Waals surface area contributed by atoms with E-state index in [0.29, 0.717) is 6.04 Å². The summed E-state index contributed by atoms with van der Waals surface area (Å²) in [6, 6.07) is 11.0. The fraction of sp³-hybridized carbons (Fsp3) is 0.571. The lowest BCUT2D eigenvalue weighted by atomic mass is 9.74. The van der Waals surface area contributed by atoms with E-state index < -0.39 is 0 Å². The molecule has 0 aromatic heterocycles. The maximum absolute atomic E-state index is 8.42. The highest BCUT2D eigenvalue weighted by molar-refractivity contribution is 5.20. The van der Waals surface area contributed by atoms with Gasteiger partial charge in [0.1, 0.15) is 0 Å². The van der Waals surface area contributed by atoms with Gasteiger partial charge in [-0.05, 0) is 30.7 Å². The van der Waals surface area contributed by atoms with Crippen LogP contribution in [0.1, 0.15) is 43.7 Å². The van der Waals surface area contributed by atoms with Gasteiger partial charge in [0.25, 0.3) is 0 Å². The molecule has 1 saturated carbocycles. The molecule has 0 radical (unpaired) electrons. The Morgan fingerprint density at radius 2 is 2.06 bits per heavy atom.